The highest BCUT2D eigenvalue weighted by atomic mass is 16.7. The molecule has 0 radical (unpaired) electrons. The smallest absolute Gasteiger partial charge is 0.413 e. The van der Waals surface area contributed by atoms with Gasteiger partial charge in [-0.2, -0.15) is 5.10 Å². The molecule has 0 unspecified atom stereocenters. The number of piperidine rings is 1. The first kappa shape index (κ1) is 42.1. The molecular weight excluding hydrogens is 831 g/mol. The maximum Gasteiger partial charge on any atom is 0.413 e. The third-order valence-corrected chi connectivity index (χ3v) is 13.4. The number of aryl methyl sites for hydroxylation is 1. The number of ether oxygens (including phenoxy) is 6. The molecular formula is C49H53N7O9. The van der Waals surface area contributed by atoms with Gasteiger partial charge in [0.15, 0.2) is 28.7 Å². The van der Waals surface area contributed by atoms with Crippen molar-refractivity contribution in [1.82, 2.24) is 30.2 Å². The van der Waals surface area contributed by atoms with E-state index in [1.54, 1.807) is 30.3 Å². The topological polar surface area (TPSA) is 179 Å². The van der Waals surface area contributed by atoms with Gasteiger partial charge in [-0.3, -0.25) is 9.59 Å². The fourth-order valence-corrected chi connectivity index (χ4v) is 9.65. The molecule has 10 rings (SSSR count). The molecule has 3 aromatic carbocycles. The Hall–Kier alpha value is -6.84. The Morgan fingerprint density at radius 3 is 2.42 bits per heavy atom. The van der Waals surface area contributed by atoms with Gasteiger partial charge in [-0.1, -0.05) is 42.7 Å². The lowest BCUT2D eigenvalue weighted by Gasteiger charge is -2.43. The van der Waals surface area contributed by atoms with E-state index in [0.29, 0.717) is 89.5 Å². The van der Waals surface area contributed by atoms with Crippen LogP contribution in [0.5, 0.6) is 34.5 Å². The molecule has 0 bridgehead atoms. The van der Waals surface area contributed by atoms with Gasteiger partial charge in [0.25, 0.3) is 0 Å². The number of benzene rings is 3. The minimum absolute atomic E-state index is 0.0256. The molecule has 2 saturated carbocycles. The van der Waals surface area contributed by atoms with Gasteiger partial charge in [0.2, 0.25) is 18.6 Å². The number of fused-ring (bicyclic) bond motifs is 3. The van der Waals surface area contributed by atoms with Gasteiger partial charge in [-0.15, -0.1) is 0 Å². The number of H-pyrrole nitrogens is 1. The number of nitrogens with one attached hydrogen (secondary N) is 2. The van der Waals surface area contributed by atoms with Crippen molar-refractivity contribution >= 4 is 34.7 Å². The van der Waals surface area contributed by atoms with Crippen LogP contribution in [0.15, 0.2) is 72.2 Å². The quantitative estimate of drug-likeness (QED) is 0.122. The van der Waals surface area contributed by atoms with Gasteiger partial charge < -0.3 is 43.6 Å². The van der Waals surface area contributed by atoms with Crippen molar-refractivity contribution in [2.24, 2.45) is 22.9 Å². The Morgan fingerprint density at radius 1 is 0.877 bits per heavy atom. The maximum absolute atomic E-state index is 14.5. The first-order chi connectivity index (χ1) is 31.8. The molecule has 3 atom stereocenters. The Morgan fingerprint density at radius 2 is 1.65 bits per heavy atom. The fourth-order valence-electron chi connectivity index (χ4n) is 9.65. The summed E-state index contributed by atoms with van der Waals surface area (Å²) in [6.07, 6.45) is 9.46. The van der Waals surface area contributed by atoms with Crippen LogP contribution in [-0.2, 0) is 16.0 Å². The van der Waals surface area contributed by atoms with Crippen LogP contribution in [0.25, 0.3) is 22.3 Å². The molecule has 3 aliphatic heterocycles. The summed E-state index contributed by atoms with van der Waals surface area (Å²) in [6.45, 7) is 3.42. The van der Waals surface area contributed by atoms with Crippen molar-refractivity contribution in [3.05, 3.63) is 83.8 Å². The minimum Gasteiger partial charge on any atom is -0.493 e. The Labute approximate surface area is 376 Å². The molecule has 338 valence electrons. The molecule has 16 heteroatoms. The number of aromatic nitrogens is 3. The molecule has 5 aromatic rings. The van der Waals surface area contributed by atoms with Crippen molar-refractivity contribution in [3.63, 3.8) is 0 Å². The predicted molar refractivity (Wildman–Crippen MR) is 239 cm³/mol. The minimum atomic E-state index is -0.943. The second-order valence-corrected chi connectivity index (χ2v) is 17.6. The van der Waals surface area contributed by atoms with E-state index in [1.165, 1.54) is 6.33 Å². The van der Waals surface area contributed by atoms with Gasteiger partial charge in [0, 0.05) is 43.1 Å². The number of nitrogens with zero attached hydrogens (tertiary/aromatic N) is 5. The standard InChI is InChI=1S/C49H53N7O9/c1-28-8-10-29(11-9-28)22-35(53-49(59)65-40-24-50-45-43(40)51-26-52-44(45)41-37(62-25-30-12-13-30)16-17-38-46(41)64-27-63-38)48(58)55-20-18-32(19-21-55)56-47(57)34-7-5-4-6-33(34)42(54-56)31-14-15-36(60-2)39(23-31)61-3/h8-11,14-17,23-24,26,30,32-35,50H,4-7,12-13,18-22,25,27H2,1-3H3,(H,53,59)/t33-,34+,35+/m0/s1. The highest BCUT2D eigenvalue weighted by Gasteiger charge is 2.44. The van der Waals surface area contributed by atoms with E-state index in [1.807, 2.05) is 61.5 Å². The highest BCUT2D eigenvalue weighted by molar-refractivity contribution is 6.07. The number of hydrazone groups is 1. The second-order valence-electron chi connectivity index (χ2n) is 17.6. The maximum atomic E-state index is 14.5. The van der Waals surface area contributed by atoms with Crippen molar-refractivity contribution in [1.29, 1.82) is 0 Å². The summed E-state index contributed by atoms with van der Waals surface area (Å²) in [5, 5.41) is 9.68. The van der Waals surface area contributed by atoms with Crippen LogP contribution in [0, 0.1) is 24.7 Å². The molecule has 2 aliphatic carbocycles. The number of hydrogen-bond donors (Lipinski definition) is 2. The van der Waals surface area contributed by atoms with Crippen LogP contribution in [0.4, 0.5) is 4.79 Å². The van der Waals surface area contributed by atoms with Gasteiger partial charge in [0.1, 0.15) is 29.3 Å². The average Bonchev–Trinajstić information content (AvgIpc) is 3.89. The lowest BCUT2D eigenvalue weighted by Crippen LogP contribution is -2.56. The Balaban J connectivity index is 0.863. The van der Waals surface area contributed by atoms with Crippen LogP contribution < -0.4 is 33.7 Å². The summed E-state index contributed by atoms with van der Waals surface area (Å²) in [7, 11) is 3.22. The van der Waals surface area contributed by atoms with Crippen LogP contribution >= 0.6 is 0 Å². The average molecular weight is 884 g/mol. The van der Waals surface area contributed by atoms with E-state index in [2.05, 4.69) is 20.3 Å². The number of amides is 3. The Bertz CT molecular complexity index is 2640. The van der Waals surface area contributed by atoms with Gasteiger partial charge >= 0.3 is 6.09 Å². The number of methoxy groups -OCH3 is 2. The first-order valence-corrected chi connectivity index (χ1v) is 22.6. The monoisotopic (exact) mass is 883 g/mol. The number of hydrogen-bond acceptors (Lipinski definition) is 12. The zero-order chi connectivity index (χ0) is 44.6. The summed E-state index contributed by atoms with van der Waals surface area (Å²) >= 11 is 0. The summed E-state index contributed by atoms with van der Waals surface area (Å²) in [6, 6.07) is 16.2. The van der Waals surface area contributed by atoms with Gasteiger partial charge in [-0.25, -0.2) is 19.8 Å². The van der Waals surface area contributed by atoms with E-state index in [4.69, 9.17) is 33.5 Å². The largest absolute Gasteiger partial charge is 0.493 e. The zero-order valence-corrected chi connectivity index (χ0v) is 36.8. The third-order valence-electron chi connectivity index (χ3n) is 13.4. The molecule has 3 fully saturated rings. The molecule has 65 heavy (non-hydrogen) atoms. The molecule has 3 amide bonds. The number of likely N-dealkylation sites (tertiary alicyclic amines) is 1. The summed E-state index contributed by atoms with van der Waals surface area (Å²) in [5.74, 6) is 3.30. The summed E-state index contributed by atoms with van der Waals surface area (Å²) in [5.41, 5.74) is 5.76. The van der Waals surface area contributed by atoms with Crippen molar-refractivity contribution in [2.75, 3.05) is 40.7 Å². The normalized spacial score (nSPS) is 19.9. The van der Waals surface area contributed by atoms with E-state index in [0.717, 1.165) is 60.9 Å². The highest BCUT2D eigenvalue weighted by Crippen LogP contribution is 2.49. The van der Waals surface area contributed by atoms with Crippen LogP contribution in [0.3, 0.4) is 0 Å². The second kappa shape index (κ2) is 18.0. The lowest BCUT2D eigenvalue weighted by atomic mass is 9.73. The SMILES string of the molecule is COc1ccc(C2=NN(C3CCN(C(=O)[C@@H](Cc4ccc(C)cc4)NC(=O)Oc4c[nH]c5c(-c6c(OCC7CC7)ccc7c6OCO7)ncnc45)CC3)C(=O)[C@@H]3CCCC[C@H]23)cc1OC. The van der Waals surface area contributed by atoms with E-state index >= 15 is 0 Å². The molecule has 2 aromatic heterocycles. The predicted octanol–water partition coefficient (Wildman–Crippen LogP) is 7.21. The first-order valence-electron chi connectivity index (χ1n) is 22.6. The molecule has 16 nitrogen and oxygen atoms in total. The van der Waals surface area contributed by atoms with Crippen LogP contribution in [0.1, 0.15) is 68.1 Å². The van der Waals surface area contributed by atoms with Gasteiger partial charge in [0.05, 0.1) is 43.7 Å². The Kier molecular flexibility index (Phi) is 11.6. The summed E-state index contributed by atoms with van der Waals surface area (Å²) in [4.78, 5) is 56.6. The van der Waals surface area contributed by atoms with Crippen LogP contribution in [-0.4, -0.2) is 101 Å². The fraction of sp³-hybridized carbons (Fsp3) is 0.429. The third kappa shape index (κ3) is 8.49. The van der Waals surface area contributed by atoms with Crippen LogP contribution in [0.2, 0.25) is 0 Å². The van der Waals surface area contributed by atoms with E-state index < -0.39 is 12.1 Å². The number of carbonyl (C=O) groups is 3. The van der Waals surface area contributed by atoms with Crippen molar-refractivity contribution in [2.45, 2.75) is 76.8 Å². The lowest BCUT2D eigenvalue weighted by molar-refractivity contribution is -0.143. The molecule has 5 heterocycles. The molecule has 0 spiro atoms. The number of carbonyl (C=O) groups excluding carboxylic acids is 3. The molecule has 2 N–H and O–H groups in total. The van der Waals surface area contributed by atoms with Gasteiger partial charge in [-0.05, 0) is 87.3 Å². The van der Waals surface area contributed by atoms with Crippen molar-refractivity contribution < 1.29 is 42.8 Å². The van der Waals surface area contributed by atoms with Crippen molar-refractivity contribution in [3.8, 4) is 45.8 Å². The molecule has 5 aliphatic rings. The van der Waals surface area contributed by atoms with E-state index in [9.17, 15) is 14.4 Å². The summed E-state index contributed by atoms with van der Waals surface area (Å²) < 4.78 is 34.9. The van der Waals surface area contributed by atoms with E-state index in [-0.39, 0.29) is 48.7 Å². The number of rotatable bonds is 13. The zero-order valence-electron chi connectivity index (χ0n) is 36.8. The number of aromatic amines is 1. The molecule has 1 saturated heterocycles.